The van der Waals surface area contributed by atoms with E-state index < -0.39 is 0 Å². The largest absolute Gasteiger partial charge is 0.497 e. The van der Waals surface area contributed by atoms with Crippen LogP contribution in [0.1, 0.15) is 49.4 Å². The van der Waals surface area contributed by atoms with Gasteiger partial charge >= 0.3 is 6.03 Å². The molecule has 6 nitrogen and oxygen atoms in total. The Labute approximate surface area is 160 Å². The summed E-state index contributed by atoms with van der Waals surface area (Å²) in [5.41, 5.74) is 10.1. The second kappa shape index (κ2) is 8.12. The van der Waals surface area contributed by atoms with E-state index in [1.54, 1.807) is 7.11 Å². The van der Waals surface area contributed by atoms with Crippen LogP contribution in [0.3, 0.4) is 0 Å². The minimum Gasteiger partial charge on any atom is -0.497 e. The molecular formula is C21H26N4O2. The third-order valence-corrected chi connectivity index (χ3v) is 4.74. The molecule has 2 aromatic rings. The highest BCUT2D eigenvalue weighted by Gasteiger charge is 2.30. The van der Waals surface area contributed by atoms with Gasteiger partial charge in [-0.25, -0.2) is 9.80 Å². The Bertz CT molecular complexity index is 846. The molecule has 6 heteroatoms. The molecule has 0 spiro atoms. The number of nitrogens with one attached hydrogen (secondary N) is 1. The van der Waals surface area contributed by atoms with Crippen molar-refractivity contribution in [2.24, 2.45) is 5.10 Å². The normalized spacial score (nSPS) is 15.7. The SMILES string of the molecule is CCCCNC(=O)N1N=C(c2ccc(N)cc2)c2cc(OC)ccc2C1C. The maximum atomic E-state index is 12.7. The zero-order chi connectivity index (χ0) is 19.4. The second-order valence-electron chi connectivity index (χ2n) is 6.63. The number of nitrogen functional groups attached to an aromatic ring is 1. The molecule has 1 heterocycles. The number of hydrogen-bond acceptors (Lipinski definition) is 4. The maximum Gasteiger partial charge on any atom is 0.338 e. The van der Waals surface area contributed by atoms with Crippen LogP contribution >= 0.6 is 0 Å². The number of nitrogens with two attached hydrogens (primary N) is 1. The van der Waals surface area contributed by atoms with Crippen LogP contribution in [0.5, 0.6) is 5.75 Å². The fourth-order valence-corrected chi connectivity index (χ4v) is 3.14. The Morgan fingerprint density at radius 2 is 2.00 bits per heavy atom. The van der Waals surface area contributed by atoms with Gasteiger partial charge in [0, 0.05) is 23.4 Å². The van der Waals surface area contributed by atoms with Crippen molar-refractivity contribution in [3.63, 3.8) is 0 Å². The molecule has 0 radical (unpaired) electrons. The number of benzene rings is 2. The van der Waals surface area contributed by atoms with Gasteiger partial charge in [0.2, 0.25) is 0 Å². The average molecular weight is 366 g/mol. The number of nitrogens with zero attached hydrogens (tertiary/aromatic N) is 2. The van der Waals surface area contributed by atoms with Crippen molar-refractivity contribution >= 4 is 17.4 Å². The monoisotopic (exact) mass is 366 g/mol. The molecule has 1 atom stereocenters. The van der Waals surface area contributed by atoms with E-state index in [0.717, 1.165) is 41.0 Å². The number of unbranched alkanes of at least 4 members (excludes halogenated alkanes) is 1. The van der Waals surface area contributed by atoms with Crippen LogP contribution < -0.4 is 15.8 Å². The van der Waals surface area contributed by atoms with Crippen LogP contribution in [0.4, 0.5) is 10.5 Å². The number of hydrazone groups is 1. The number of fused-ring (bicyclic) bond motifs is 1. The first kappa shape index (κ1) is 18.8. The third kappa shape index (κ3) is 3.89. The van der Waals surface area contributed by atoms with E-state index in [0.29, 0.717) is 12.2 Å². The Hall–Kier alpha value is -3.02. The molecule has 1 aliphatic heterocycles. The van der Waals surface area contributed by atoms with Gasteiger partial charge in [-0.15, -0.1) is 0 Å². The van der Waals surface area contributed by atoms with Gasteiger partial charge in [0.25, 0.3) is 0 Å². The first-order valence-corrected chi connectivity index (χ1v) is 9.25. The Morgan fingerprint density at radius 1 is 1.26 bits per heavy atom. The van der Waals surface area contributed by atoms with Gasteiger partial charge in [-0.1, -0.05) is 31.5 Å². The summed E-state index contributed by atoms with van der Waals surface area (Å²) in [4.78, 5) is 12.7. The minimum absolute atomic E-state index is 0.176. The van der Waals surface area contributed by atoms with Crippen molar-refractivity contribution in [3.8, 4) is 5.75 Å². The van der Waals surface area contributed by atoms with Crippen molar-refractivity contribution in [1.82, 2.24) is 10.3 Å². The molecule has 0 aromatic heterocycles. The molecule has 0 saturated heterocycles. The number of carbonyl (C=O) groups is 1. The summed E-state index contributed by atoms with van der Waals surface area (Å²) >= 11 is 0. The van der Waals surface area contributed by atoms with E-state index in [9.17, 15) is 4.79 Å². The molecule has 0 aliphatic carbocycles. The molecule has 1 aliphatic rings. The predicted octanol–water partition coefficient (Wildman–Crippen LogP) is 3.92. The lowest BCUT2D eigenvalue weighted by atomic mass is 9.92. The van der Waals surface area contributed by atoms with Crippen molar-refractivity contribution < 1.29 is 9.53 Å². The summed E-state index contributed by atoms with van der Waals surface area (Å²) in [5, 5.41) is 9.18. The van der Waals surface area contributed by atoms with Crippen LogP contribution in [0.2, 0.25) is 0 Å². The number of anilines is 1. The highest BCUT2D eigenvalue weighted by atomic mass is 16.5. The van der Waals surface area contributed by atoms with E-state index in [1.807, 2.05) is 49.4 Å². The van der Waals surface area contributed by atoms with Gasteiger partial charge < -0.3 is 15.8 Å². The van der Waals surface area contributed by atoms with E-state index >= 15 is 0 Å². The van der Waals surface area contributed by atoms with E-state index in [2.05, 4.69) is 12.2 Å². The number of urea groups is 1. The quantitative estimate of drug-likeness (QED) is 0.622. The topological polar surface area (TPSA) is 80.0 Å². The van der Waals surface area contributed by atoms with E-state index in [1.165, 1.54) is 5.01 Å². The van der Waals surface area contributed by atoms with E-state index in [-0.39, 0.29) is 12.1 Å². The van der Waals surface area contributed by atoms with Gasteiger partial charge in [0.1, 0.15) is 5.75 Å². The Balaban J connectivity index is 2.04. The lowest BCUT2D eigenvalue weighted by Crippen LogP contribution is -2.41. The number of ether oxygens (including phenoxy) is 1. The third-order valence-electron chi connectivity index (χ3n) is 4.74. The zero-order valence-corrected chi connectivity index (χ0v) is 16.0. The van der Waals surface area contributed by atoms with Gasteiger partial charge in [0.05, 0.1) is 18.9 Å². The van der Waals surface area contributed by atoms with Crippen molar-refractivity contribution in [3.05, 3.63) is 59.2 Å². The summed E-state index contributed by atoms with van der Waals surface area (Å²) in [6.07, 6.45) is 1.97. The second-order valence-corrected chi connectivity index (χ2v) is 6.63. The van der Waals surface area contributed by atoms with Gasteiger partial charge in [-0.2, -0.15) is 5.10 Å². The molecule has 0 fully saturated rings. The highest BCUT2D eigenvalue weighted by molar-refractivity contribution is 6.15. The average Bonchev–Trinajstić information content (AvgIpc) is 2.69. The van der Waals surface area contributed by atoms with Crippen LogP contribution in [0.15, 0.2) is 47.6 Å². The van der Waals surface area contributed by atoms with Crippen LogP contribution in [-0.4, -0.2) is 30.4 Å². The number of amides is 2. The summed E-state index contributed by atoms with van der Waals surface area (Å²) in [5.74, 6) is 0.755. The standard InChI is InChI=1S/C21H26N4O2/c1-4-5-12-23-21(26)25-14(2)18-11-10-17(27-3)13-19(18)20(24-25)15-6-8-16(22)9-7-15/h6-11,13-14H,4-5,12,22H2,1-3H3,(H,23,26). The van der Waals surface area contributed by atoms with E-state index in [4.69, 9.17) is 15.6 Å². The van der Waals surface area contributed by atoms with Gasteiger partial charge in [-0.3, -0.25) is 0 Å². The summed E-state index contributed by atoms with van der Waals surface area (Å²) < 4.78 is 5.39. The molecule has 1 unspecified atom stereocenters. The lowest BCUT2D eigenvalue weighted by Gasteiger charge is -2.32. The highest BCUT2D eigenvalue weighted by Crippen LogP contribution is 2.34. The van der Waals surface area contributed by atoms with Crippen LogP contribution in [0.25, 0.3) is 0 Å². The summed E-state index contributed by atoms with van der Waals surface area (Å²) in [6, 6.07) is 13.0. The fourth-order valence-electron chi connectivity index (χ4n) is 3.14. The number of rotatable bonds is 5. The first-order chi connectivity index (χ1) is 13.0. The predicted molar refractivity (Wildman–Crippen MR) is 108 cm³/mol. The Morgan fingerprint density at radius 3 is 2.67 bits per heavy atom. The van der Waals surface area contributed by atoms with Gasteiger partial charge in [0.15, 0.2) is 0 Å². The van der Waals surface area contributed by atoms with Crippen molar-refractivity contribution in [1.29, 1.82) is 0 Å². The smallest absolute Gasteiger partial charge is 0.338 e. The van der Waals surface area contributed by atoms with Crippen molar-refractivity contribution in [2.75, 3.05) is 19.4 Å². The summed E-state index contributed by atoms with van der Waals surface area (Å²) in [6.45, 7) is 4.71. The zero-order valence-electron chi connectivity index (χ0n) is 16.0. The molecule has 0 saturated carbocycles. The van der Waals surface area contributed by atoms with Gasteiger partial charge in [-0.05, 0) is 43.2 Å². The fraction of sp³-hybridized carbons (Fsp3) is 0.333. The minimum atomic E-state index is -0.189. The first-order valence-electron chi connectivity index (χ1n) is 9.25. The number of hydrogen-bond donors (Lipinski definition) is 2. The maximum absolute atomic E-state index is 12.7. The number of carbonyl (C=O) groups excluding carboxylic acids is 1. The molecule has 2 amide bonds. The van der Waals surface area contributed by atoms with Crippen LogP contribution in [0, 0.1) is 0 Å². The number of methoxy groups -OCH3 is 1. The molecule has 142 valence electrons. The van der Waals surface area contributed by atoms with Crippen LogP contribution in [-0.2, 0) is 0 Å². The summed E-state index contributed by atoms with van der Waals surface area (Å²) in [7, 11) is 1.64. The molecular weight excluding hydrogens is 340 g/mol. The molecule has 3 rings (SSSR count). The van der Waals surface area contributed by atoms with Crippen molar-refractivity contribution in [2.45, 2.75) is 32.7 Å². The molecule has 3 N–H and O–H groups in total. The molecule has 2 aromatic carbocycles. The lowest BCUT2D eigenvalue weighted by molar-refractivity contribution is 0.180. The Kier molecular flexibility index (Phi) is 5.64. The molecule has 27 heavy (non-hydrogen) atoms. The molecule has 0 bridgehead atoms.